The van der Waals surface area contributed by atoms with E-state index >= 15 is 0 Å². The van der Waals surface area contributed by atoms with Crippen molar-refractivity contribution in [3.05, 3.63) is 86.0 Å². The van der Waals surface area contributed by atoms with Crippen LogP contribution < -0.4 is 10.5 Å². The van der Waals surface area contributed by atoms with Crippen molar-refractivity contribution in [1.29, 1.82) is 0 Å². The number of amides is 3. The van der Waals surface area contributed by atoms with Gasteiger partial charge in [-0.15, -0.1) is 0 Å². The van der Waals surface area contributed by atoms with Crippen molar-refractivity contribution < 1.29 is 37.1 Å². The second-order valence-electron chi connectivity index (χ2n) is 9.49. The number of halogens is 5. The maximum absolute atomic E-state index is 13.6. The highest BCUT2D eigenvalue weighted by molar-refractivity contribution is 6.30. The zero-order valence-corrected chi connectivity index (χ0v) is 22.7. The molecule has 0 bridgehead atoms. The fraction of sp³-hybridized carbons (Fsp3) is 0.259. The SMILES string of the molecule is CN(C)C(=O)c1c2c(c(O)c(=O)n1-c1ccc(N(C)C(=O)C(F)(F)F)cc1)C(=O)N(Cc1ccc(F)c(Cl)c1)CC2. The Hall–Kier alpha value is -4.39. The Balaban J connectivity index is 1.81. The third-order valence-corrected chi connectivity index (χ3v) is 6.88. The van der Waals surface area contributed by atoms with E-state index in [0.717, 1.165) is 29.8 Å². The first-order valence-electron chi connectivity index (χ1n) is 12.0. The summed E-state index contributed by atoms with van der Waals surface area (Å²) in [6.07, 6.45) is -5.05. The smallest absolute Gasteiger partial charge is 0.471 e. The molecule has 2 aromatic carbocycles. The topological polar surface area (TPSA) is 103 Å². The molecular formula is C27H23ClF4N4O5. The van der Waals surface area contributed by atoms with Crippen LogP contribution in [0.1, 0.15) is 32.0 Å². The molecule has 9 nitrogen and oxygen atoms in total. The van der Waals surface area contributed by atoms with Gasteiger partial charge in [-0.1, -0.05) is 17.7 Å². The molecule has 0 saturated heterocycles. The van der Waals surface area contributed by atoms with Gasteiger partial charge in [-0.2, -0.15) is 13.2 Å². The van der Waals surface area contributed by atoms with E-state index in [-0.39, 0.29) is 52.7 Å². The fourth-order valence-corrected chi connectivity index (χ4v) is 4.72. The average Bonchev–Trinajstić information content (AvgIpc) is 2.92. The monoisotopic (exact) mass is 594 g/mol. The van der Waals surface area contributed by atoms with Crippen LogP contribution in [0.15, 0.2) is 47.3 Å². The summed E-state index contributed by atoms with van der Waals surface area (Å²) in [5.41, 5.74) is -1.21. The van der Waals surface area contributed by atoms with Gasteiger partial charge in [0.05, 0.1) is 10.6 Å². The number of carbonyl (C=O) groups excluding carboxylic acids is 3. The average molecular weight is 595 g/mol. The van der Waals surface area contributed by atoms with Crippen LogP contribution in [-0.4, -0.2) is 71.1 Å². The molecule has 216 valence electrons. The molecule has 0 radical (unpaired) electrons. The summed E-state index contributed by atoms with van der Waals surface area (Å²) in [5, 5.41) is 10.8. The molecule has 3 aromatic rings. The summed E-state index contributed by atoms with van der Waals surface area (Å²) >= 11 is 5.84. The van der Waals surface area contributed by atoms with Gasteiger partial charge in [-0.05, 0) is 48.4 Å². The molecule has 1 aliphatic heterocycles. The van der Waals surface area contributed by atoms with Crippen LogP contribution in [-0.2, 0) is 17.8 Å². The normalized spacial score (nSPS) is 13.2. The summed E-state index contributed by atoms with van der Waals surface area (Å²) in [6, 6.07) is 8.65. The van der Waals surface area contributed by atoms with E-state index < -0.39 is 41.0 Å². The van der Waals surface area contributed by atoms with Gasteiger partial charge in [0.1, 0.15) is 11.5 Å². The number of carbonyl (C=O) groups is 3. The molecular weight excluding hydrogens is 572 g/mol. The standard InChI is InChI=1S/C27H23ClF4N4O5/c1-33(2)24(39)21-17-10-11-35(13-14-4-9-19(29)18(28)12-14)23(38)20(17)22(37)25(40)36(21)16-7-5-15(6-8-16)34(3)26(41)27(30,31)32/h4-9,12,37H,10-11,13H2,1-3H3. The van der Waals surface area contributed by atoms with E-state index in [4.69, 9.17) is 11.6 Å². The Bertz CT molecular complexity index is 1620. The van der Waals surface area contributed by atoms with Gasteiger partial charge in [-0.25, -0.2) is 4.39 Å². The van der Waals surface area contributed by atoms with Crippen LogP contribution >= 0.6 is 11.6 Å². The summed E-state index contributed by atoms with van der Waals surface area (Å²) in [7, 11) is 3.78. The predicted octanol–water partition coefficient (Wildman–Crippen LogP) is 3.76. The van der Waals surface area contributed by atoms with E-state index in [9.17, 15) is 41.8 Å². The Labute approximate surface area is 235 Å². The first-order valence-corrected chi connectivity index (χ1v) is 12.4. The van der Waals surface area contributed by atoms with E-state index in [1.54, 1.807) is 0 Å². The molecule has 1 aliphatic rings. The second-order valence-corrected chi connectivity index (χ2v) is 9.90. The number of hydrogen-bond donors (Lipinski definition) is 1. The Morgan fingerprint density at radius 3 is 2.24 bits per heavy atom. The van der Waals surface area contributed by atoms with Crippen LogP contribution in [0, 0.1) is 5.82 Å². The Kier molecular flexibility index (Phi) is 7.85. The van der Waals surface area contributed by atoms with Gasteiger partial charge >= 0.3 is 12.1 Å². The number of hydrogen-bond acceptors (Lipinski definition) is 5. The quantitative estimate of drug-likeness (QED) is 0.453. The molecule has 0 spiro atoms. The van der Waals surface area contributed by atoms with E-state index in [1.807, 2.05) is 0 Å². The molecule has 1 N–H and O–H groups in total. The van der Waals surface area contributed by atoms with Crippen molar-refractivity contribution in [3.8, 4) is 11.4 Å². The zero-order valence-electron chi connectivity index (χ0n) is 21.9. The molecule has 0 fully saturated rings. The van der Waals surface area contributed by atoms with Crippen LogP contribution in [0.2, 0.25) is 5.02 Å². The number of aromatic hydroxyl groups is 1. The van der Waals surface area contributed by atoms with E-state index in [2.05, 4.69) is 0 Å². The number of rotatable bonds is 5. The minimum Gasteiger partial charge on any atom is -0.502 e. The predicted molar refractivity (Wildman–Crippen MR) is 141 cm³/mol. The fourth-order valence-electron chi connectivity index (χ4n) is 4.52. The summed E-state index contributed by atoms with van der Waals surface area (Å²) in [5.74, 6) is -5.07. The number of anilines is 1. The molecule has 0 unspecified atom stereocenters. The number of nitrogens with zero attached hydrogens (tertiary/aromatic N) is 4. The van der Waals surface area contributed by atoms with Crippen molar-refractivity contribution >= 4 is 35.0 Å². The Morgan fingerprint density at radius 1 is 1.05 bits per heavy atom. The second kappa shape index (κ2) is 10.9. The molecule has 3 amide bonds. The minimum absolute atomic E-state index is 0.00532. The van der Waals surface area contributed by atoms with Gasteiger partial charge in [0.2, 0.25) is 0 Å². The van der Waals surface area contributed by atoms with Crippen molar-refractivity contribution in [3.63, 3.8) is 0 Å². The highest BCUT2D eigenvalue weighted by Crippen LogP contribution is 2.32. The van der Waals surface area contributed by atoms with Crippen LogP contribution in [0.5, 0.6) is 5.75 Å². The van der Waals surface area contributed by atoms with E-state index in [1.165, 1.54) is 48.2 Å². The highest BCUT2D eigenvalue weighted by Gasteiger charge is 2.42. The minimum atomic E-state index is -5.11. The first-order chi connectivity index (χ1) is 19.1. The molecule has 1 aromatic heterocycles. The lowest BCUT2D eigenvalue weighted by molar-refractivity contribution is -0.170. The van der Waals surface area contributed by atoms with Gasteiger partial charge in [0.15, 0.2) is 5.75 Å². The Morgan fingerprint density at radius 2 is 1.68 bits per heavy atom. The number of pyridine rings is 1. The van der Waals surface area contributed by atoms with Gasteiger partial charge < -0.3 is 19.8 Å². The molecule has 2 heterocycles. The van der Waals surface area contributed by atoms with Crippen molar-refractivity contribution in [2.75, 3.05) is 32.6 Å². The number of fused-ring (bicyclic) bond motifs is 1. The third-order valence-electron chi connectivity index (χ3n) is 6.60. The lowest BCUT2D eigenvalue weighted by Crippen LogP contribution is -2.42. The lowest BCUT2D eigenvalue weighted by Gasteiger charge is -2.31. The van der Waals surface area contributed by atoms with Gasteiger partial charge in [0, 0.05) is 51.2 Å². The number of alkyl halides is 3. The van der Waals surface area contributed by atoms with Crippen LogP contribution in [0.4, 0.5) is 23.2 Å². The number of benzene rings is 2. The maximum Gasteiger partial charge on any atom is 0.471 e. The van der Waals surface area contributed by atoms with Crippen molar-refractivity contribution in [1.82, 2.24) is 14.4 Å². The molecule has 4 rings (SSSR count). The molecule has 0 saturated carbocycles. The van der Waals surface area contributed by atoms with Gasteiger partial charge in [0.25, 0.3) is 17.4 Å². The zero-order chi connectivity index (χ0) is 30.4. The molecule has 14 heteroatoms. The molecule has 0 aliphatic carbocycles. The molecule has 41 heavy (non-hydrogen) atoms. The molecule has 0 atom stereocenters. The lowest BCUT2D eigenvalue weighted by atomic mass is 9.95. The summed E-state index contributed by atoms with van der Waals surface area (Å²) in [6.45, 7) is 0.0683. The highest BCUT2D eigenvalue weighted by atomic mass is 35.5. The van der Waals surface area contributed by atoms with Crippen LogP contribution in [0.25, 0.3) is 5.69 Å². The third kappa shape index (κ3) is 5.49. The maximum atomic E-state index is 13.6. The van der Waals surface area contributed by atoms with Crippen molar-refractivity contribution in [2.24, 2.45) is 0 Å². The van der Waals surface area contributed by atoms with Crippen molar-refractivity contribution in [2.45, 2.75) is 19.1 Å². The van der Waals surface area contributed by atoms with Crippen LogP contribution in [0.3, 0.4) is 0 Å². The van der Waals surface area contributed by atoms with E-state index in [0.29, 0.717) is 10.5 Å². The summed E-state index contributed by atoms with van der Waals surface area (Å²) in [4.78, 5) is 54.7. The van der Waals surface area contributed by atoms with Gasteiger partial charge in [-0.3, -0.25) is 23.7 Å². The first kappa shape index (κ1) is 29.6. The number of aromatic nitrogens is 1. The largest absolute Gasteiger partial charge is 0.502 e. The summed E-state index contributed by atoms with van der Waals surface area (Å²) < 4.78 is 53.0.